The molecule has 29 heavy (non-hydrogen) atoms. The molecule has 1 fully saturated rings. The second-order valence-corrected chi connectivity index (χ2v) is 7.16. The zero-order valence-electron chi connectivity index (χ0n) is 17.4. The van der Waals surface area contributed by atoms with Crippen molar-refractivity contribution in [2.75, 3.05) is 41.0 Å². The van der Waals surface area contributed by atoms with E-state index in [0.29, 0.717) is 23.6 Å². The third-order valence-electron chi connectivity index (χ3n) is 5.44. The number of carbonyl (C=O) groups is 1. The predicted octanol–water partition coefficient (Wildman–Crippen LogP) is 3.67. The van der Waals surface area contributed by atoms with Crippen LogP contribution in [0, 0.1) is 0 Å². The lowest BCUT2D eigenvalue weighted by Gasteiger charge is -2.35. The molecule has 1 atom stereocenters. The van der Waals surface area contributed by atoms with Crippen LogP contribution in [0.5, 0.6) is 17.2 Å². The number of nitrogens with zero attached hydrogens (tertiary/aromatic N) is 1. The van der Waals surface area contributed by atoms with Crippen LogP contribution in [0.25, 0.3) is 0 Å². The fraction of sp³-hybridized carbons (Fsp3) is 0.435. The van der Waals surface area contributed by atoms with Gasteiger partial charge in [-0.05, 0) is 55.8 Å². The van der Waals surface area contributed by atoms with E-state index in [-0.39, 0.29) is 11.9 Å². The van der Waals surface area contributed by atoms with Crippen molar-refractivity contribution in [1.82, 2.24) is 10.2 Å². The number of methoxy groups -OCH3 is 3. The molecule has 1 amide bonds. The predicted molar refractivity (Wildman–Crippen MR) is 113 cm³/mol. The van der Waals surface area contributed by atoms with Crippen LogP contribution in [0.3, 0.4) is 0 Å². The van der Waals surface area contributed by atoms with Gasteiger partial charge in [-0.3, -0.25) is 9.69 Å². The molecular weight excluding hydrogens is 368 g/mol. The number of benzene rings is 2. The summed E-state index contributed by atoms with van der Waals surface area (Å²) in [6.07, 6.45) is 3.64. The molecule has 1 aliphatic heterocycles. The molecule has 0 saturated carbocycles. The maximum absolute atomic E-state index is 12.9. The van der Waals surface area contributed by atoms with Crippen molar-refractivity contribution in [3.05, 3.63) is 53.6 Å². The topological polar surface area (TPSA) is 60.0 Å². The van der Waals surface area contributed by atoms with E-state index < -0.39 is 0 Å². The largest absolute Gasteiger partial charge is 0.497 e. The highest BCUT2D eigenvalue weighted by atomic mass is 16.5. The second-order valence-electron chi connectivity index (χ2n) is 7.16. The molecule has 0 bridgehead atoms. The summed E-state index contributed by atoms with van der Waals surface area (Å²) in [5.41, 5.74) is 1.68. The smallest absolute Gasteiger partial charge is 0.255 e. The third kappa shape index (κ3) is 5.21. The van der Waals surface area contributed by atoms with Gasteiger partial charge in [-0.15, -0.1) is 0 Å². The lowest BCUT2D eigenvalue weighted by Crippen LogP contribution is -2.40. The third-order valence-corrected chi connectivity index (χ3v) is 5.44. The Balaban J connectivity index is 1.76. The average Bonchev–Trinajstić information content (AvgIpc) is 2.79. The van der Waals surface area contributed by atoms with E-state index in [1.807, 2.05) is 12.1 Å². The van der Waals surface area contributed by atoms with Gasteiger partial charge in [-0.2, -0.15) is 0 Å². The fourth-order valence-electron chi connectivity index (χ4n) is 3.78. The van der Waals surface area contributed by atoms with Crippen molar-refractivity contribution >= 4 is 5.91 Å². The Morgan fingerprint density at radius 2 is 1.59 bits per heavy atom. The van der Waals surface area contributed by atoms with Gasteiger partial charge in [0.05, 0.1) is 32.9 Å². The number of piperidine rings is 1. The number of likely N-dealkylation sites (tertiary alicyclic amines) is 1. The summed E-state index contributed by atoms with van der Waals surface area (Å²) < 4.78 is 15.9. The van der Waals surface area contributed by atoms with Gasteiger partial charge in [0.2, 0.25) is 0 Å². The number of rotatable bonds is 8. The molecule has 0 aliphatic carbocycles. The molecule has 2 aromatic carbocycles. The van der Waals surface area contributed by atoms with E-state index in [4.69, 9.17) is 14.2 Å². The van der Waals surface area contributed by atoms with Gasteiger partial charge in [-0.25, -0.2) is 0 Å². The zero-order chi connectivity index (χ0) is 20.6. The van der Waals surface area contributed by atoms with Crippen molar-refractivity contribution in [2.45, 2.75) is 25.3 Å². The summed E-state index contributed by atoms with van der Waals surface area (Å²) in [6, 6.07) is 13.5. The summed E-state index contributed by atoms with van der Waals surface area (Å²) in [7, 11) is 4.81. The molecule has 1 heterocycles. The maximum Gasteiger partial charge on any atom is 0.255 e. The average molecular weight is 399 g/mol. The Labute approximate surface area is 172 Å². The van der Waals surface area contributed by atoms with Crippen molar-refractivity contribution in [3.8, 4) is 17.2 Å². The van der Waals surface area contributed by atoms with Crippen molar-refractivity contribution < 1.29 is 19.0 Å². The van der Waals surface area contributed by atoms with Crippen molar-refractivity contribution in [2.24, 2.45) is 0 Å². The van der Waals surface area contributed by atoms with E-state index in [9.17, 15) is 4.79 Å². The highest BCUT2D eigenvalue weighted by Gasteiger charge is 2.24. The summed E-state index contributed by atoms with van der Waals surface area (Å²) in [6.45, 7) is 2.61. The maximum atomic E-state index is 12.9. The summed E-state index contributed by atoms with van der Waals surface area (Å²) in [4.78, 5) is 15.3. The highest BCUT2D eigenvalue weighted by Crippen LogP contribution is 2.27. The summed E-state index contributed by atoms with van der Waals surface area (Å²) in [5.74, 6) is 1.84. The molecule has 2 aromatic rings. The minimum Gasteiger partial charge on any atom is -0.497 e. The Bertz CT molecular complexity index is 801. The van der Waals surface area contributed by atoms with Crippen LogP contribution in [0.1, 0.15) is 41.2 Å². The van der Waals surface area contributed by atoms with E-state index in [0.717, 1.165) is 18.8 Å². The molecule has 6 nitrogen and oxygen atoms in total. The molecule has 0 unspecified atom stereocenters. The first-order chi connectivity index (χ1) is 14.2. The fourth-order valence-corrected chi connectivity index (χ4v) is 3.78. The van der Waals surface area contributed by atoms with Crippen molar-refractivity contribution in [3.63, 3.8) is 0 Å². The van der Waals surface area contributed by atoms with E-state index in [2.05, 4.69) is 22.3 Å². The molecule has 0 radical (unpaired) electrons. The van der Waals surface area contributed by atoms with Crippen LogP contribution in [0.2, 0.25) is 0 Å². The van der Waals surface area contributed by atoms with Crippen LogP contribution in [0.15, 0.2) is 42.5 Å². The highest BCUT2D eigenvalue weighted by molar-refractivity contribution is 5.97. The van der Waals surface area contributed by atoms with Crippen LogP contribution in [0.4, 0.5) is 0 Å². The first-order valence-corrected chi connectivity index (χ1v) is 10.0. The lowest BCUT2D eigenvalue weighted by atomic mass is 10.0. The van der Waals surface area contributed by atoms with E-state index in [1.165, 1.54) is 24.8 Å². The van der Waals surface area contributed by atoms with Gasteiger partial charge in [0.1, 0.15) is 17.2 Å². The molecular formula is C23H30N2O4. The number of amides is 1. The van der Waals surface area contributed by atoms with Crippen molar-refractivity contribution in [1.29, 1.82) is 0 Å². The minimum atomic E-state index is -0.153. The molecule has 1 aliphatic rings. The quantitative estimate of drug-likeness (QED) is 0.735. The lowest BCUT2D eigenvalue weighted by molar-refractivity contribution is 0.0921. The summed E-state index contributed by atoms with van der Waals surface area (Å²) >= 11 is 0. The van der Waals surface area contributed by atoms with Crippen LogP contribution in [-0.4, -0.2) is 51.8 Å². The van der Waals surface area contributed by atoms with Gasteiger partial charge in [0.15, 0.2) is 0 Å². The van der Waals surface area contributed by atoms with Gasteiger partial charge >= 0.3 is 0 Å². The Kier molecular flexibility index (Phi) is 7.36. The zero-order valence-corrected chi connectivity index (χ0v) is 17.4. The molecule has 156 valence electrons. The van der Waals surface area contributed by atoms with E-state index in [1.54, 1.807) is 39.5 Å². The Hall–Kier alpha value is -2.73. The first-order valence-electron chi connectivity index (χ1n) is 10.0. The molecule has 6 heteroatoms. The summed E-state index contributed by atoms with van der Waals surface area (Å²) in [5, 5.41) is 3.10. The van der Waals surface area contributed by atoms with Gasteiger partial charge in [-0.1, -0.05) is 18.6 Å². The normalized spacial score (nSPS) is 15.4. The number of nitrogens with one attached hydrogen (secondary N) is 1. The molecule has 0 aromatic heterocycles. The number of ether oxygens (including phenoxy) is 3. The standard InChI is InChI=1S/C23H30N2O4/c1-27-18-9-7-17(8-10-18)21(25-13-5-4-6-14-25)16-24-23(26)20-12-11-19(28-2)15-22(20)29-3/h7-12,15,21H,4-6,13-14,16H2,1-3H3,(H,24,26)/t21-/m0/s1. The second kappa shape index (κ2) is 10.2. The molecule has 1 N–H and O–H groups in total. The van der Waals surface area contributed by atoms with Gasteiger partial charge in [0.25, 0.3) is 5.91 Å². The molecule has 0 spiro atoms. The molecule has 1 saturated heterocycles. The van der Waals surface area contributed by atoms with E-state index >= 15 is 0 Å². The van der Waals surface area contributed by atoms with Crippen LogP contribution < -0.4 is 19.5 Å². The first kappa shape index (κ1) is 21.0. The SMILES string of the molecule is COc1ccc([C@H](CNC(=O)c2ccc(OC)cc2OC)N2CCCCC2)cc1. The minimum absolute atomic E-state index is 0.120. The van der Waals surface area contributed by atoms with Gasteiger partial charge < -0.3 is 19.5 Å². The molecule has 3 rings (SSSR count). The Morgan fingerprint density at radius 1 is 0.931 bits per heavy atom. The van der Waals surface area contributed by atoms with Gasteiger partial charge in [0, 0.05) is 12.6 Å². The number of hydrogen-bond acceptors (Lipinski definition) is 5. The van der Waals surface area contributed by atoms with Crippen LogP contribution >= 0.6 is 0 Å². The number of hydrogen-bond donors (Lipinski definition) is 1. The monoisotopic (exact) mass is 398 g/mol. The number of carbonyl (C=O) groups excluding carboxylic acids is 1. The van der Waals surface area contributed by atoms with Crippen LogP contribution in [-0.2, 0) is 0 Å². The Morgan fingerprint density at radius 3 is 2.21 bits per heavy atom.